The topological polar surface area (TPSA) is 72.8 Å². The molecule has 0 saturated carbocycles. The molecule has 0 fully saturated rings. The van der Waals surface area contributed by atoms with Crippen LogP contribution >= 0.6 is 0 Å². The monoisotopic (exact) mass is 398 g/mol. The largest absolute Gasteiger partial charge is 0.507 e. The summed E-state index contributed by atoms with van der Waals surface area (Å²) in [6.07, 6.45) is 7.31. The number of carbonyl (C=O) groups excluding carboxylic acids is 2. The van der Waals surface area contributed by atoms with Gasteiger partial charge in [-0.05, 0) is 18.6 Å². The van der Waals surface area contributed by atoms with Crippen molar-refractivity contribution in [3.8, 4) is 11.5 Å². The van der Waals surface area contributed by atoms with E-state index in [0.717, 1.165) is 12.8 Å². The third-order valence-corrected chi connectivity index (χ3v) is 4.57. The molecule has 0 aliphatic heterocycles. The quantitative estimate of drug-likeness (QED) is 0.215. The van der Waals surface area contributed by atoms with Gasteiger partial charge >= 0.3 is 5.97 Å². The SMILES string of the molecule is CCCCCCCCOCCC(=O)Oc1ccc(C(=O)c2ccccc2)c(O)c1. The fourth-order valence-corrected chi connectivity index (χ4v) is 2.94. The second-order valence-corrected chi connectivity index (χ2v) is 6.98. The molecule has 0 spiro atoms. The molecule has 0 aliphatic carbocycles. The minimum absolute atomic E-state index is 0.140. The number of esters is 1. The minimum Gasteiger partial charge on any atom is -0.507 e. The minimum atomic E-state index is -0.436. The van der Waals surface area contributed by atoms with E-state index in [1.807, 2.05) is 6.07 Å². The fraction of sp³-hybridized carbons (Fsp3) is 0.417. The highest BCUT2D eigenvalue weighted by Crippen LogP contribution is 2.26. The highest BCUT2D eigenvalue weighted by molar-refractivity contribution is 6.10. The molecule has 2 aromatic rings. The van der Waals surface area contributed by atoms with Crippen molar-refractivity contribution in [3.63, 3.8) is 0 Å². The van der Waals surface area contributed by atoms with Gasteiger partial charge in [-0.2, -0.15) is 0 Å². The van der Waals surface area contributed by atoms with Gasteiger partial charge in [-0.15, -0.1) is 0 Å². The summed E-state index contributed by atoms with van der Waals surface area (Å²) in [5.74, 6) is -0.741. The molecule has 0 heterocycles. The molecule has 2 aromatic carbocycles. The molecule has 0 aliphatic rings. The summed E-state index contributed by atoms with van der Waals surface area (Å²) in [4.78, 5) is 24.3. The summed E-state index contributed by atoms with van der Waals surface area (Å²) in [5.41, 5.74) is 0.647. The zero-order valence-corrected chi connectivity index (χ0v) is 17.1. The number of aromatic hydroxyl groups is 1. The van der Waals surface area contributed by atoms with Gasteiger partial charge in [0.1, 0.15) is 11.5 Å². The van der Waals surface area contributed by atoms with Crippen LogP contribution in [0.25, 0.3) is 0 Å². The van der Waals surface area contributed by atoms with Crippen LogP contribution in [0.2, 0.25) is 0 Å². The maximum atomic E-state index is 12.4. The number of rotatable bonds is 13. The van der Waals surface area contributed by atoms with Crippen LogP contribution in [0, 0.1) is 0 Å². The van der Waals surface area contributed by atoms with E-state index in [-0.39, 0.29) is 29.3 Å². The van der Waals surface area contributed by atoms with Crippen LogP contribution in [0.15, 0.2) is 48.5 Å². The van der Waals surface area contributed by atoms with Crippen LogP contribution in [0.4, 0.5) is 0 Å². The van der Waals surface area contributed by atoms with Crippen molar-refractivity contribution in [2.24, 2.45) is 0 Å². The number of hydrogen-bond donors (Lipinski definition) is 1. The Bertz CT molecular complexity index is 770. The number of ether oxygens (including phenoxy) is 2. The highest BCUT2D eigenvalue weighted by atomic mass is 16.5. The summed E-state index contributed by atoms with van der Waals surface area (Å²) in [5, 5.41) is 10.1. The fourth-order valence-electron chi connectivity index (χ4n) is 2.94. The van der Waals surface area contributed by atoms with Gasteiger partial charge in [0.15, 0.2) is 5.78 Å². The lowest BCUT2D eigenvalue weighted by Crippen LogP contribution is -2.12. The molecule has 0 aromatic heterocycles. The van der Waals surface area contributed by atoms with E-state index in [9.17, 15) is 14.7 Å². The summed E-state index contributed by atoms with van der Waals surface area (Å²) in [7, 11) is 0. The number of ketones is 1. The van der Waals surface area contributed by atoms with E-state index in [0.29, 0.717) is 18.8 Å². The Morgan fingerprint density at radius 3 is 2.34 bits per heavy atom. The molecule has 0 amide bonds. The Kier molecular flexibility index (Phi) is 9.93. The molecule has 2 rings (SSSR count). The number of phenolic OH excluding ortho intramolecular Hbond substituents is 1. The summed E-state index contributed by atoms with van der Waals surface area (Å²) >= 11 is 0. The molecule has 156 valence electrons. The van der Waals surface area contributed by atoms with E-state index in [2.05, 4.69) is 6.92 Å². The van der Waals surface area contributed by atoms with Crippen LogP contribution in [-0.4, -0.2) is 30.1 Å². The lowest BCUT2D eigenvalue weighted by atomic mass is 10.0. The zero-order chi connectivity index (χ0) is 20.9. The molecular formula is C24H30O5. The molecular weight excluding hydrogens is 368 g/mol. The highest BCUT2D eigenvalue weighted by Gasteiger charge is 2.15. The second-order valence-electron chi connectivity index (χ2n) is 6.98. The van der Waals surface area contributed by atoms with Gasteiger partial charge in [-0.3, -0.25) is 9.59 Å². The first-order valence-corrected chi connectivity index (χ1v) is 10.3. The molecule has 0 radical (unpaired) electrons. The second kappa shape index (κ2) is 12.7. The molecule has 29 heavy (non-hydrogen) atoms. The smallest absolute Gasteiger partial charge is 0.313 e. The Hall–Kier alpha value is -2.66. The number of benzene rings is 2. The van der Waals surface area contributed by atoms with Crippen molar-refractivity contribution < 1.29 is 24.2 Å². The van der Waals surface area contributed by atoms with Gasteiger partial charge in [-0.1, -0.05) is 69.4 Å². The van der Waals surface area contributed by atoms with Gasteiger partial charge in [0.05, 0.1) is 18.6 Å². The van der Waals surface area contributed by atoms with Gasteiger partial charge in [0, 0.05) is 18.2 Å². The van der Waals surface area contributed by atoms with Crippen LogP contribution < -0.4 is 4.74 Å². The van der Waals surface area contributed by atoms with E-state index < -0.39 is 5.97 Å². The van der Waals surface area contributed by atoms with Crippen LogP contribution in [0.3, 0.4) is 0 Å². The van der Waals surface area contributed by atoms with E-state index in [4.69, 9.17) is 9.47 Å². The third kappa shape index (κ3) is 8.08. The van der Waals surface area contributed by atoms with Crippen molar-refractivity contribution in [1.29, 1.82) is 0 Å². The maximum absolute atomic E-state index is 12.4. The summed E-state index contributed by atoms with van der Waals surface area (Å²) < 4.78 is 10.7. The van der Waals surface area contributed by atoms with E-state index >= 15 is 0 Å². The Morgan fingerprint density at radius 1 is 0.897 bits per heavy atom. The lowest BCUT2D eigenvalue weighted by molar-refractivity contribution is -0.135. The van der Waals surface area contributed by atoms with Crippen molar-refractivity contribution in [2.75, 3.05) is 13.2 Å². The van der Waals surface area contributed by atoms with Crippen LogP contribution in [-0.2, 0) is 9.53 Å². The molecule has 0 unspecified atom stereocenters. The van der Waals surface area contributed by atoms with Gasteiger partial charge in [0.2, 0.25) is 0 Å². The Morgan fingerprint density at radius 2 is 1.62 bits per heavy atom. The van der Waals surface area contributed by atoms with E-state index in [1.54, 1.807) is 24.3 Å². The first-order valence-electron chi connectivity index (χ1n) is 10.3. The predicted octanol–water partition coefficient (Wildman–Crippen LogP) is 5.30. The first-order chi connectivity index (χ1) is 14.1. The standard InChI is InChI=1S/C24H30O5/c1-2-3-4-5-6-10-16-28-17-15-23(26)29-20-13-14-21(22(25)18-20)24(27)19-11-8-7-9-12-19/h7-9,11-14,18,25H,2-6,10,15-17H2,1H3. The van der Waals surface area contributed by atoms with Crippen molar-refractivity contribution in [2.45, 2.75) is 51.9 Å². The third-order valence-electron chi connectivity index (χ3n) is 4.57. The maximum Gasteiger partial charge on any atom is 0.313 e. The zero-order valence-electron chi connectivity index (χ0n) is 17.1. The lowest BCUT2D eigenvalue weighted by Gasteiger charge is -2.08. The average molecular weight is 398 g/mol. The average Bonchev–Trinajstić information content (AvgIpc) is 2.73. The molecule has 0 saturated heterocycles. The van der Waals surface area contributed by atoms with Crippen molar-refractivity contribution in [3.05, 3.63) is 59.7 Å². The normalized spacial score (nSPS) is 10.7. The van der Waals surface area contributed by atoms with Crippen molar-refractivity contribution >= 4 is 11.8 Å². The van der Waals surface area contributed by atoms with Gasteiger partial charge in [0.25, 0.3) is 0 Å². The number of unbranched alkanes of at least 4 members (excludes halogenated alkanes) is 5. The summed E-state index contributed by atoms with van der Waals surface area (Å²) in [6, 6.07) is 12.9. The van der Waals surface area contributed by atoms with Gasteiger partial charge in [-0.25, -0.2) is 0 Å². The Labute approximate surface area is 172 Å². The van der Waals surface area contributed by atoms with Crippen LogP contribution in [0.5, 0.6) is 11.5 Å². The Balaban J connectivity index is 1.71. The molecule has 0 atom stereocenters. The van der Waals surface area contributed by atoms with Gasteiger partial charge < -0.3 is 14.6 Å². The van der Waals surface area contributed by atoms with Crippen LogP contribution in [0.1, 0.15) is 67.8 Å². The molecule has 5 heteroatoms. The van der Waals surface area contributed by atoms with E-state index in [1.165, 1.54) is 43.9 Å². The predicted molar refractivity (Wildman–Crippen MR) is 112 cm³/mol. The number of hydrogen-bond acceptors (Lipinski definition) is 5. The number of phenols is 1. The summed E-state index contributed by atoms with van der Waals surface area (Å²) in [6.45, 7) is 3.16. The first kappa shape index (κ1) is 22.6. The number of carbonyl (C=O) groups is 2. The molecule has 0 bridgehead atoms. The van der Waals surface area contributed by atoms with Crippen molar-refractivity contribution in [1.82, 2.24) is 0 Å². The molecule has 1 N–H and O–H groups in total. The molecule has 5 nitrogen and oxygen atoms in total.